The van der Waals surface area contributed by atoms with Crippen LogP contribution in [0.25, 0.3) is 0 Å². The smallest absolute Gasteiger partial charge is 0.328 e. The number of hydrogen-bond donors (Lipinski definition) is 1. The van der Waals surface area contributed by atoms with Crippen LogP contribution >= 0.6 is 0 Å². The van der Waals surface area contributed by atoms with E-state index in [1.807, 2.05) is 37.3 Å². The monoisotopic (exact) mass is 277 g/mol. The number of aliphatic hydroxyl groups is 1. The molecule has 0 aliphatic carbocycles. The van der Waals surface area contributed by atoms with E-state index in [1.54, 1.807) is 0 Å². The SMILES string of the molecule is CCOC(=O)C(c1ccccc1)N1CCCCC1CO. The minimum Gasteiger partial charge on any atom is -0.465 e. The van der Waals surface area contributed by atoms with E-state index in [0.29, 0.717) is 6.61 Å². The highest BCUT2D eigenvalue weighted by Crippen LogP contribution is 2.29. The molecular weight excluding hydrogens is 254 g/mol. The first-order valence-corrected chi connectivity index (χ1v) is 7.36. The van der Waals surface area contributed by atoms with Crippen LogP contribution in [0.1, 0.15) is 37.8 Å². The first-order valence-electron chi connectivity index (χ1n) is 7.36. The summed E-state index contributed by atoms with van der Waals surface area (Å²) in [4.78, 5) is 14.5. The van der Waals surface area contributed by atoms with Crippen LogP contribution in [0.3, 0.4) is 0 Å². The minimum atomic E-state index is -0.409. The fourth-order valence-electron chi connectivity index (χ4n) is 2.88. The molecule has 1 aromatic rings. The maximum atomic E-state index is 12.4. The molecule has 0 aromatic heterocycles. The van der Waals surface area contributed by atoms with Crippen molar-refractivity contribution in [3.63, 3.8) is 0 Å². The van der Waals surface area contributed by atoms with Gasteiger partial charge in [0.05, 0.1) is 13.2 Å². The molecule has 2 unspecified atom stereocenters. The van der Waals surface area contributed by atoms with Crippen LogP contribution < -0.4 is 0 Å². The number of ether oxygens (including phenoxy) is 1. The second-order valence-electron chi connectivity index (χ2n) is 5.14. The van der Waals surface area contributed by atoms with E-state index in [2.05, 4.69) is 4.90 Å². The number of nitrogens with zero attached hydrogens (tertiary/aromatic N) is 1. The third-order valence-corrected chi connectivity index (χ3v) is 3.84. The standard InChI is InChI=1S/C16H23NO3/c1-2-20-16(19)15(13-8-4-3-5-9-13)17-11-7-6-10-14(17)12-18/h3-5,8-9,14-15,18H,2,6-7,10-12H2,1H3. The lowest BCUT2D eigenvalue weighted by Gasteiger charge is -2.39. The molecule has 1 fully saturated rings. The maximum Gasteiger partial charge on any atom is 0.328 e. The van der Waals surface area contributed by atoms with Gasteiger partial charge in [-0.05, 0) is 31.9 Å². The Labute approximate surface area is 120 Å². The summed E-state index contributed by atoms with van der Waals surface area (Å²) in [6, 6.07) is 9.33. The summed E-state index contributed by atoms with van der Waals surface area (Å²) in [5, 5.41) is 9.58. The molecule has 1 aliphatic heterocycles. The largest absolute Gasteiger partial charge is 0.465 e. The van der Waals surface area contributed by atoms with Crippen LogP contribution in [-0.2, 0) is 9.53 Å². The van der Waals surface area contributed by atoms with E-state index in [1.165, 1.54) is 0 Å². The molecule has 20 heavy (non-hydrogen) atoms. The van der Waals surface area contributed by atoms with Gasteiger partial charge in [-0.25, -0.2) is 4.79 Å². The van der Waals surface area contributed by atoms with Crippen LogP contribution in [0.15, 0.2) is 30.3 Å². The van der Waals surface area contributed by atoms with Gasteiger partial charge in [0.25, 0.3) is 0 Å². The van der Waals surface area contributed by atoms with Crippen molar-refractivity contribution in [1.82, 2.24) is 4.90 Å². The molecule has 0 saturated carbocycles. The molecule has 1 heterocycles. The molecule has 0 radical (unpaired) electrons. The summed E-state index contributed by atoms with van der Waals surface area (Å²) in [6.07, 6.45) is 3.09. The zero-order valence-corrected chi connectivity index (χ0v) is 12.0. The Morgan fingerprint density at radius 1 is 1.40 bits per heavy atom. The molecule has 1 saturated heterocycles. The quantitative estimate of drug-likeness (QED) is 0.838. The van der Waals surface area contributed by atoms with Crippen LogP contribution in [-0.4, -0.2) is 41.8 Å². The predicted octanol–water partition coefficient (Wildman–Crippen LogP) is 2.14. The molecule has 0 bridgehead atoms. The lowest BCUT2D eigenvalue weighted by Crippen LogP contribution is -2.47. The second kappa shape index (κ2) is 7.41. The van der Waals surface area contributed by atoms with Gasteiger partial charge in [-0.15, -0.1) is 0 Å². The number of rotatable bonds is 5. The Kier molecular flexibility index (Phi) is 5.56. The predicted molar refractivity (Wildman–Crippen MR) is 77.2 cm³/mol. The lowest BCUT2D eigenvalue weighted by atomic mass is 9.96. The van der Waals surface area contributed by atoms with Gasteiger partial charge in [0.15, 0.2) is 0 Å². The van der Waals surface area contributed by atoms with Gasteiger partial charge in [-0.1, -0.05) is 36.8 Å². The van der Waals surface area contributed by atoms with E-state index in [0.717, 1.165) is 31.4 Å². The molecule has 1 N–H and O–H groups in total. The molecule has 0 amide bonds. The Hall–Kier alpha value is -1.39. The number of aliphatic hydroxyl groups excluding tert-OH is 1. The summed E-state index contributed by atoms with van der Waals surface area (Å²) >= 11 is 0. The van der Waals surface area contributed by atoms with Gasteiger partial charge in [-0.2, -0.15) is 0 Å². The van der Waals surface area contributed by atoms with Crippen LogP contribution in [0.4, 0.5) is 0 Å². The molecule has 2 rings (SSSR count). The van der Waals surface area contributed by atoms with Crippen LogP contribution in [0, 0.1) is 0 Å². The number of benzene rings is 1. The summed E-state index contributed by atoms with van der Waals surface area (Å²) in [5.41, 5.74) is 0.936. The van der Waals surface area contributed by atoms with E-state index in [-0.39, 0.29) is 18.6 Å². The highest BCUT2D eigenvalue weighted by Gasteiger charge is 2.34. The zero-order chi connectivity index (χ0) is 14.4. The van der Waals surface area contributed by atoms with Crippen molar-refractivity contribution in [2.24, 2.45) is 0 Å². The molecule has 4 heteroatoms. The topological polar surface area (TPSA) is 49.8 Å². The third-order valence-electron chi connectivity index (χ3n) is 3.84. The molecule has 4 nitrogen and oxygen atoms in total. The van der Waals surface area contributed by atoms with Gasteiger partial charge < -0.3 is 9.84 Å². The Morgan fingerprint density at radius 3 is 2.80 bits per heavy atom. The van der Waals surface area contributed by atoms with Gasteiger partial charge in [0, 0.05) is 6.04 Å². The van der Waals surface area contributed by atoms with Gasteiger partial charge in [-0.3, -0.25) is 4.90 Å². The highest BCUT2D eigenvalue weighted by molar-refractivity contribution is 5.77. The average Bonchev–Trinajstić information content (AvgIpc) is 2.49. The molecule has 0 spiro atoms. The van der Waals surface area contributed by atoms with E-state index in [9.17, 15) is 9.90 Å². The fourth-order valence-corrected chi connectivity index (χ4v) is 2.88. The van der Waals surface area contributed by atoms with Crippen molar-refractivity contribution in [3.8, 4) is 0 Å². The van der Waals surface area contributed by atoms with Crippen molar-refractivity contribution in [2.75, 3.05) is 19.8 Å². The number of likely N-dealkylation sites (tertiary alicyclic amines) is 1. The highest BCUT2D eigenvalue weighted by atomic mass is 16.5. The van der Waals surface area contributed by atoms with Crippen molar-refractivity contribution >= 4 is 5.97 Å². The zero-order valence-electron chi connectivity index (χ0n) is 12.0. The van der Waals surface area contributed by atoms with Crippen LogP contribution in [0.2, 0.25) is 0 Å². The summed E-state index contributed by atoms with van der Waals surface area (Å²) < 4.78 is 5.24. The summed E-state index contributed by atoms with van der Waals surface area (Å²) in [6.45, 7) is 3.10. The summed E-state index contributed by atoms with van der Waals surface area (Å²) in [7, 11) is 0. The second-order valence-corrected chi connectivity index (χ2v) is 5.14. The van der Waals surface area contributed by atoms with E-state index < -0.39 is 6.04 Å². The Morgan fingerprint density at radius 2 is 2.15 bits per heavy atom. The molecule has 1 aliphatic rings. The van der Waals surface area contributed by atoms with Gasteiger partial charge in [0.2, 0.25) is 0 Å². The maximum absolute atomic E-state index is 12.4. The number of esters is 1. The molecule has 1 aromatic carbocycles. The molecule has 2 atom stereocenters. The lowest BCUT2D eigenvalue weighted by molar-refractivity contribution is -0.152. The van der Waals surface area contributed by atoms with Gasteiger partial charge >= 0.3 is 5.97 Å². The number of piperidine rings is 1. The number of hydrogen-bond acceptors (Lipinski definition) is 4. The van der Waals surface area contributed by atoms with Crippen molar-refractivity contribution < 1.29 is 14.6 Å². The number of carbonyl (C=O) groups excluding carboxylic acids is 1. The first-order chi connectivity index (χ1) is 9.77. The Bertz CT molecular complexity index is 421. The van der Waals surface area contributed by atoms with Crippen LogP contribution in [0.5, 0.6) is 0 Å². The van der Waals surface area contributed by atoms with Gasteiger partial charge in [0.1, 0.15) is 6.04 Å². The minimum absolute atomic E-state index is 0.0402. The van der Waals surface area contributed by atoms with Crippen molar-refractivity contribution in [1.29, 1.82) is 0 Å². The summed E-state index contributed by atoms with van der Waals surface area (Å²) in [5.74, 6) is -0.223. The van der Waals surface area contributed by atoms with Crippen molar-refractivity contribution in [3.05, 3.63) is 35.9 Å². The Balaban J connectivity index is 2.28. The third kappa shape index (κ3) is 3.38. The number of carbonyl (C=O) groups is 1. The first kappa shape index (κ1) is 15.0. The van der Waals surface area contributed by atoms with Crippen molar-refractivity contribution in [2.45, 2.75) is 38.3 Å². The van der Waals surface area contributed by atoms with E-state index >= 15 is 0 Å². The fraction of sp³-hybridized carbons (Fsp3) is 0.562. The molecule has 110 valence electrons. The normalized spacial score (nSPS) is 21.4. The average molecular weight is 277 g/mol. The molecular formula is C16H23NO3. The van der Waals surface area contributed by atoms with E-state index in [4.69, 9.17) is 4.74 Å².